The average Bonchev–Trinajstić information content (AvgIpc) is 2.83. The summed E-state index contributed by atoms with van der Waals surface area (Å²) >= 11 is 0. The molecule has 2 nitrogen and oxygen atoms in total. The molecule has 1 aromatic rings. The fraction of sp³-hybridized carbons (Fsp3) is 0.600. The van der Waals surface area contributed by atoms with E-state index in [0.717, 1.165) is 13.2 Å². The van der Waals surface area contributed by atoms with Crippen molar-refractivity contribution in [3.05, 3.63) is 35.9 Å². The van der Waals surface area contributed by atoms with Gasteiger partial charge in [0, 0.05) is 26.2 Å². The summed E-state index contributed by atoms with van der Waals surface area (Å²) in [4.78, 5) is 2.56. The summed E-state index contributed by atoms with van der Waals surface area (Å²) in [6.07, 6.45) is 4.99. The second-order valence-electron chi connectivity index (χ2n) is 5.40. The first kappa shape index (κ1) is 11.2. The molecule has 2 heterocycles. The van der Waals surface area contributed by atoms with Crippen molar-refractivity contribution in [2.45, 2.75) is 37.8 Å². The van der Waals surface area contributed by atoms with E-state index in [9.17, 15) is 0 Å². The fourth-order valence-electron chi connectivity index (χ4n) is 3.11. The van der Waals surface area contributed by atoms with Crippen LogP contribution in [0, 0.1) is 0 Å². The number of nitrogens with zero attached hydrogens (tertiary/aromatic N) is 1. The van der Waals surface area contributed by atoms with Gasteiger partial charge in [0.1, 0.15) is 0 Å². The van der Waals surface area contributed by atoms with E-state index >= 15 is 0 Å². The Morgan fingerprint density at radius 3 is 2.47 bits per heavy atom. The lowest BCUT2D eigenvalue weighted by Gasteiger charge is -2.38. The van der Waals surface area contributed by atoms with Crippen LogP contribution < -0.4 is 0 Å². The summed E-state index contributed by atoms with van der Waals surface area (Å²) in [5.74, 6) is 0. The third kappa shape index (κ3) is 2.53. The summed E-state index contributed by atoms with van der Waals surface area (Å²) in [6, 6.07) is 10.8. The van der Waals surface area contributed by atoms with Gasteiger partial charge in [0.15, 0.2) is 0 Å². The van der Waals surface area contributed by atoms with Crippen molar-refractivity contribution < 1.29 is 4.74 Å². The minimum Gasteiger partial charge on any atom is -0.375 e. The van der Waals surface area contributed by atoms with Crippen LogP contribution >= 0.6 is 0 Å². The lowest BCUT2D eigenvalue weighted by Crippen LogP contribution is -2.43. The van der Waals surface area contributed by atoms with Gasteiger partial charge in [-0.15, -0.1) is 0 Å². The van der Waals surface area contributed by atoms with Crippen molar-refractivity contribution in [1.82, 2.24) is 4.90 Å². The minimum absolute atomic E-state index is 0.257. The van der Waals surface area contributed by atoms with Crippen molar-refractivity contribution in [3.8, 4) is 0 Å². The highest BCUT2D eigenvalue weighted by atomic mass is 16.5. The van der Waals surface area contributed by atoms with Crippen LogP contribution in [0.25, 0.3) is 0 Å². The molecule has 0 N–H and O–H groups in total. The molecule has 0 unspecified atom stereocenters. The number of hydrogen-bond donors (Lipinski definition) is 0. The molecule has 92 valence electrons. The zero-order valence-electron chi connectivity index (χ0n) is 10.4. The van der Waals surface area contributed by atoms with Crippen LogP contribution in [-0.4, -0.2) is 30.2 Å². The molecule has 2 saturated heterocycles. The largest absolute Gasteiger partial charge is 0.375 e. The highest BCUT2D eigenvalue weighted by molar-refractivity contribution is 5.14. The third-order valence-electron chi connectivity index (χ3n) is 4.20. The van der Waals surface area contributed by atoms with Crippen LogP contribution in [0.15, 0.2) is 30.3 Å². The highest BCUT2D eigenvalue weighted by Gasteiger charge is 2.38. The summed E-state index contributed by atoms with van der Waals surface area (Å²) in [7, 11) is 0. The molecule has 0 aromatic heterocycles. The Kier molecular flexibility index (Phi) is 3.17. The standard InChI is InChI=1S/C15H21NO/c1-2-5-14(6-3-1)13-16-10-8-15(9-11-16)7-4-12-17-15/h1-3,5-6H,4,7-13H2. The van der Waals surface area contributed by atoms with Gasteiger partial charge in [-0.3, -0.25) is 4.90 Å². The number of rotatable bonds is 2. The van der Waals surface area contributed by atoms with Gasteiger partial charge >= 0.3 is 0 Å². The van der Waals surface area contributed by atoms with Crippen LogP contribution in [0.2, 0.25) is 0 Å². The topological polar surface area (TPSA) is 12.5 Å². The van der Waals surface area contributed by atoms with E-state index in [1.54, 1.807) is 0 Å². The fourth-order valence-corrected chi connectivity index (χ4v) is 3.11. The van der Waals surface area contributed by atoms with E-state index in [1.165, 1.54) is 44.3 Å². The second-order valence-corrected chi connectivity index (χ2v) is 5.40. The lowest BCUT2D eigenvalue weighted by atomic mass is 9.88. The Labute approximate surface area is 104 Å². The van der Waals surface area contributed by atoms with Gasteiger partial charge in [-0.05, 0) is 31.2 Å². The molecular weight excluding hydrogens is 210 g/mol. The molecule has 2 aliphatic rings. The quantitative estimate of drug-likeness (QED) is 0.776. The summed E-state index contributed by atoms with van der Waals surface area (Å²) in [5, 5.41) is 0. The molecule has 0 aliphatic carbocycles. The second kappa shape index (κ2) is 4.79. The first-order chi connectivity index (χ1) is 8.36. The van der Waals surface area contributed by atoms with Gasteiger partial charge < -0.3 is 4.74 Å². The van der Waals surface area contributed by atoms with E-state index in [4.69, 9.17) is 4.74 Å². The number of benzene rings is 1. The minimum atomic E-state index is 0.257. The van der Waals surface area contributed by atoms with Crippen molar-refractivity contribution in [1.29, 1.82) is 0 Å². The number of piperidine rings is 1. The molecular formula is C15H21NO. The van der Waals surface area contributed by atoms with Crippen LogP contribution in [0.1, 0.15) is 31.2 Å². The normalized spacial score (nSPS) is 24.2. The maximum atomic E-state index is 5.95. The van der Waals surface area contributed by atoms with E-state index in [-0.39, 0.29) is 5.60 Å². The van der Waals surface area contributed by atoms with Crippen molar-refractivity contribution in [2.24, 2.45) is 0 Å². The molecule has 0 bridgehead atoms. The molecule has 3 rings (SSSR count). The van der Waals surface area contributed by atoms with Crippen LogP contribution in [-0.2, 0) is 11.3 Å². The monoisotopic (exact) mass is 231 g/mol. The SMILES string of the molecule is c1ccc(CN2CCC3(CCCO3)CC2)cc1. The lowest BCUT2D eigenvalue weighted by molar-refractivity contribution is -0.0447. The number of ether oxygens (including phenoxy) is 1. The third-order valence-corrected chi connectivity index (χ3v) is 4.20. The van der Waals surface area contributed by atoms with E-state index in [1.807, 2.05) is 0 Å². The molecule has 2 fully saturated rings. The van der Waals surface area contributed by atoms with Crippen molar-refractivity contribution >= 4 is 0 Å². The predicted octanol–water partition coefficient (Wildman–Crippen LogP) is 2.83. The van der Waals surface area contributed by atoms with E-state index < -0.39 is 0 Å². The van der Waals surface area contributed by atoms with Gasteiger partial charge in [-0.2, -0.15) is 0 Å². The summed E-state index contributed by atoms with van der Waals surface area (Å²) in [6.45, 7) is 4.46. The van der Waals surface area contributed by atoms with Crippen LogP contribution in [0.4, 0.5) is 0 Å². The maximum absolute atomic E-state index is 5.95. The number of hydrogen-bond acceptors (Lipinski definition) is 2. The zero-order chi connectivity index (χ0) is 11.6. The Bertz CT molecular complexity index is 346. The van der Waals surface area contributed by atoms with Crippen molar-refractivity contribution in [3.63, 3.8) is 0 Å². The van der Waals surface area contributed by atoms with Crippen molar-refractivity contribution in [2.75, 3.05) is 19.7 Å². The van der Waals surface area contributed by atoms with Gasteiger partial charge in [-0.1, -0.05) is 30.3 Å². The Balaban J connectivity index is 1.55. The Hall–Kier alpha value is -0.860. The number of likely N-dealkylation sites (tertiary alicyclic amines) is 1. The molecule has 0 amide bonds. The van der Waals surface area contributed by atoms with Gasteiger partial charge in [0.05, 0.1) is 5.60 Å². The molecule has 17 heavy (non-hydrogen) atoms. The molecule has 1 spiro atoms. The van der Waals surface area contributed by atoms with E-state index in [0.29, 0.717) is 0 Å². The van der Waals surface area contributed by atoms with Gasteiger partial charge in [-0.25, -0.2) is 0 Å². The van der Waals surface area contributed by atoms with E-state index in [2.05, 4.69) is 35.2 Å². The molecule has 0 saturated carbocycles. The maximum Gasteiger partial charge on any atom is 0.0707 e. The van der Waals surface area contributed by atoms with Crippen LogP contribution in [0.5, 0.6) is 0 Å². The Morgan fingerprint density at radius 2 is 1.82 bits per heavy atom. The molecule has 0 radical (unpaired) electrons. The molecule has 1 aromatic carbocycles. The average molecular weight is 231 g/mol. The molecule has 0 atom stereocenters. The predicted molar refractivity (Wildman–Crippen MR) is 68.9 cm³/mol. The smallest absolute Gasteiger partial charge is 0.0707 e. The molecule has 2 heteroatoms. The first-order valence-corrected chi connectivity index (χ1v) is 6.77. The summed E-state index contributed by atoms with van der Waals surface area (Å²) in [5.41, 5.74) is 1.68. The van der Waals surface area contributed by atoms with Gasteiger partial charge in [0.2, 0.25) is 0 Å². The first-order valence-electron chi connectivity index (χ1n) is 6.77. The van der Waals surface area contributed by atoms with Gasteiger partial charge in [0.25, 0.3) is 0 Å². The van der Waals surface area contributed by atoms with Crippen LogP contribution in [0.3, 0.4) is 0 Å². The Morgan fingerprint density at radius 1 is 1.06 bits per heavy atom. The zero-order valence-corrected chi connectivity index (χ0v) is 10.4. The highest BCUT2D eigenvalue weighted by Crippen LogP contribution is 2.35. The molecule has 2 aliphatic heterocycles. The summed E-state index contributed by atoms with van der Waals surface area (Å²) < 4.78 is 5.95.